The molecule has 494 valence electrons. The summed E-state index contributed by atoms with van der Waals surface area (Å²) in [5.41, 5.74) is 15.7. The van der Waals surface area contributed by atoms with Crippen LogP contribution in [-0.4, -0.2) is 247 Å². The number of aromatic nitrogens is 5. The van der Waals surface area contributed by atoms with Gasteiger partial charge in [-0.15, -0.1) is 0 Å². The molecule has 6 rings (SSSR count). The van der Waals surface area contributed by atoms with Gasteiger partial charge in [0.25, 0.3) is 0 Å². The first kappa shape index (κ1) is 72.0. The minimum atomic E-state index is -0.439. The highest BCUT2D eigenvalue weighted by Crippen LogP contribution is 2.37. The lowest BCUT2D eigenvalue weighted by Crippen LogP contribution is -2.37. The molecular formula is C66H99N7O16. The number of carbonyl (C=O) groups is 2. The van der Waals surface area contributed by atoms with E-state index in [-0.39, 0.29) is 13.2 Å². The number of nitrogens with one attached hydrogen (secondary N) is 3. The third-order valence-corrected chi connectivity index (χ3v) is 15.0. The zero-order valence-corrected chi connectivity index (χ0v) is 54.1. The molecule has 4 aromatic rings. The van der Waals surface area contributed by atoms with Gasteiger partial charge in [0.15, 0.2) is 0 Å². The molecule has 2 aliphatic heterocycles. The molecule has 0 saturated carbocycles. The lowest BCUT2D eigenvalue weighted by Gasteiger charge is -2.22. The van der Waals surface area contributed by atoms with Crippen LogP contribution in [0.3, 0.4) is 0 Å². The lowest BCUT2D eigenvalue weighted by molar-refractivity contribution is 0.00802. The summed E-state index contributed by atoms with van der Waals surface area (Å²) in [4.78, 5) is 52.3. The number of fused-ring (bicyclic) bond motifs is 11. The number of ether oxygens (including phenoxy) is 14. The fourth-order valence-corrected chi connectivity index (χ4v) is 10.1. The molecule has 0 aromatic carbocycles. The fraction of sp³-hybridized carbons (Fsp3) is 0.606. The second kappa shape index (κ2) is 42.1. The van der Waals surface area contributed by atoms with Crippen LogP contribution in [-0.2, 0) is 79.2 Å². The molecule has 0 unspecified atom stereocenters. The van der Waals surface area contributed by atoms with Crippen LogP contribution in [0.25, 0.3) is 55.4 Å². The molecule has 89 heavy (non-hydrogen) atoms. The van der Waals surface area contributed by atoms with Crippen LogP contribution in [0, 0.1) is 0 Å². The first-order valence-corrected chi connectivity index (χ1v) is 31.4. The lowest BCUT2D eigenvalue weighted by atomic mass is 10.00. The molecule has 10 bridgehead atoms. The van der Waals surface area contributed by atoms with Crippen molar-refractivity contribution in [3.63, 3.8) is 0 Å². The van der Waals surface area contributed by atoms with Crippen molar-refractivity contribution in [2.24, 2.45) is 0 Å². The fourth-order valence-electron chi connectivity index (χ4n) is 10.1. The Hall–Kier alpha value is -6.06. The molecule has 3 N–H and O–H groups in total. The Morgan fingerprint density at radius 2 is 0.697 bits per heavy atom. The molecule has 2 amide bonds. The maximum atomic E-state index is 13.7. The molecule has 0 fully saturated rings. The summed E-state index contributed by atoms with van der Waals surface area (Å²) >= 11 is 0. The quantitative estimate of drug-likeness (QED) is 0.0349. The Kier molecular flexibility index (Phi) is 34.1. The number of rotatable bonds is 46. The van der Waals surface area contributed by atoms with Crippen molar-refractivity contribution in [1.82, 2.24) is 34.7 Å². The topological polar surface area (TPSA) is 243 Å². The smallest absolute Gasteiger partial charge is 0.409 e. The molecule has 2 aliphatic rings. The standard InChI is InChI=1S/C66H99N7O16/c1-9-53-54(10-2)62-48-64-56(14-12-24-89-66(75)73(21-27-82-39-43-86-35-31-78-7)22-28-83-40-44-87-36-32-79-8)50(4)60(70-64)46-52-16-18-58(68-52)57-17-15-51(67-57)45-59-49(3)55(63(69-59)47-61(53)71-62)13-11-23-88-65(74)72(19-25-80-37-41-84-33-29-76-5)20-26-81-38-42-85-34-30-77-6/h15-18,45-48,67-68,71H,9-14,19-44H2,1-8H3. The van der Waals surface area contributed by atoms with Gasteiger partial charge in [-0.3, -0.25) is 0 Å². The van der Waals surface area contributed by atoms with Gasteiger partial charge < -0.3 is 91.1 Å². The van der Waals surface area contributed by atoms with Crippen molar-refractivity contribution >= 4 is 67.6 Å². The molecular weight excluding hydrogens is 1150 g/mol. The number of aromatic amines is 3. The van der Waals surface area contributed by atoms with Crippen LogP contribution >= 0.6 is 0 Å². The highest BCUT2D eigenvalue weighted by atomic mass is 16.6. The second-order valence-corrected chi connectivity index (χ2v) is 21.1. The van der Waals surface area contributed by atoms with Crippen molar-refractivity contribution in [3.05, 3.63) is 82.4 Å². The zero-order valence-electron chi connectivity index (χ0n) is 54.1. The predicted octanol–water partition coefficient (Wildman–Crippen LogP) is 9.50. The third-order valence-electron chi connectivity index (χ3n) is 15.0. The molecule has 23 nitrogen and oxygen atoms in total. The third kappa shape index (κ3) is 24.6. The van der Waals surface area contributed by atoms with Crippen molar-refractivity contribution in [3.8, 4) is 0 Å². The molecule has 0 atom stereocenters. The molecule has 0 radical (unpaired) electrons. The van der Waals surface area contributed by atoms with E-state index in [9.17, 15) is 9.59 Å². The summed E-state index contributed by atoms with van der Waals surface area (Å²) < 4.78 is 77.5. The Morgan fingerprint density at radius 3 is 1.01 bits per heavy atom. The van der Waals surface area contributed by atoms with Crippen molar-refractivity contribution < 1.29 is 75.9 Å². The minimum Gasteiger partial charge on any atom is -0.449 e. The van der Waals surface area contributed by atoms with Crippen LogP contribution < -0.4 is 0 Å². The molecule has 23 heteroatoms. The van der Waals surface area contributed by atoms with E-state index in [2.05, 4.69) is 91.2 Å². The molecule has 6 heterocycles. The Labute approximate surface area is 524 Å². The average molecular weight is 1250 g/mol. The van der Waals surface area contributed by atoms with Crippen LogP contribution in [0.5, 0.6) is 0 Å². The average Bonchev–Trinajstić information content (AvgIpc) is 1.82. The van der Waals surface area contributed by atoms with E-state index in [4.69, 9.17) is 76.3 Å². The second-order valence-electron chi connectivity index (χ2n) is 21.1. The van der Waals surface area contributed by atoms with E-state index in [0.29, 0.717) is 184 Å². The highest BCUT2D eigenvalue weighted by molar-refractivity contribution is 5.94. The highest BCUT2D eigenvalue weighted by Gasteiger charge is 2.22. The van der Waals surface area contributed by atoms with Crippen molar-refractivity contribution in [2.45, 2.75) is 66.2 Å². The Bertz CT molecular complexity index is 2760. The van der Waals surface area contributed by atoms with Gasteiger partial charge in [-0.25, -0.2) is 19.6 Å². The van der Waals surface area contributed by atoms with Gasteiger partial charge in [0.1, 0.15) is 0 Å². The van der Waals surface area contributed by atoms with Gasteiger partial charge in [0, 0.05) is 76.7 Å². The van der Waals surface area contributed by atoms with E-state index in [0.717, 1.165) is 91.0 Å². The largest absolute Gasteiger partial charge is 0.449 e. The predicted molar refractivity (Wildman–Crippen MR) is 344 cm³/mol. The maximum absolute atomic E-state index is 13.7. The Morgan fingerprint density at radius 1 is 0.382 bits per heavy atom. The number of methoxy groups -OCH3 is 4. The van der Waals surface area contributed by atoms with Crippen LogP contribution in [0.4, 0.5) is 9.59 Å². The first-order valence-electron chi connectivity index (χ1n) is 31.4. The number of nitrogens with zero attached hydrogens (tertiary/aromatic N) is 4. The zero-order chi connectivity index (χ0) is 63.3. The maximum Gasteiger partial charge on any atom is 0.409 e. The van der Waals surface area contributed by atoms with Crippen LogP contribution in [0.2, 0.25) is 0 Å². The molecule has 0 aliphatic carbocycles. The van der Waals surface area contributed by atoms with Crippen molar-refractivity contribution in [1.29, 1.82) is 0 Å². The SMILES string of the molecule is CCc1c(CC)c2cc3nc(cc4ccc([nH]4)c4ccc(cc5nc(cc1[nH]2)C(CCCOC(=O)N(CCOCCOCCOC)CCOCCOCCOC)=C5C)[nH]4)C(C)=C3CCCOC(=O)N(CCOCCOCCOC)CCOCCOCCOC. The van der Waals surface area contributed by atoms with Gasteiger partial charge >= 0.3 is 12.2 Å². The Balaban J connectivity index is 1.21. The molecule has 0 spiro atoms. The minimum absolute atomic E-state index is 0.195. The summed E-state index contributed by atoms with van der Waals surface area (Å²) in [5.74, 6) is 0. The summed E-state index contributed by atoms with van der Waals surface area (Å²) in [6.45, 7) is 18.7. The number of hydrogen-bond acceptors (Lipinski definition) is 18. The van der Waals surface area contributed by atoms with Gasteiger partial charge in [0.2, 0.25) is 0 Å². The van der Waals surface area contributed by atoms with E-state index in [1.165, 1.54) is 11.1 Å². The van der Waals surface area contributed by atoms with Crippen LogP contribution in [0.15, 0.2) is 48.5 Å². The summed E-state index contributed by atoms with van der Waals surface area (Å²) in [6.07, 6.45) is 3.04. The van der Waals surface area contributed by atoms with Crippen molar-refractivity contribution in [2.75, 3.05) is 200 Å². The van der Waals surface area contributed by atoms with Gasteiger partial charge in [0.05, 0.1) is 179 Å². The van der Waals surface area contributed by atoms with E-state index in [1.54, 1.807) is 38.2 Å². The molecule has 4 aromatic heterocycles. The summed E-state index contributed by atoms with van der Waals surface area (Å²) in [7, 11) is 6.52. The van der Waals surface area contributed by atoms with Gasteiger partial charge in [-0.1, -0.05) is 13.8 Å². The van der Waals surface area contributed by atoms with Gasteiger partial charge in [-0.2, -0.15) is 0 Å². The number of carbonyl (C=O) groups excluding carboxylic acids is 2. The summed E-state index contributed by atoms with van der Waals surface area (Å²) in [5, 5.41) is 0. The van der Waals surface area contributed by atoms with Gasteiger partial charge in [-0.05, 0) is 134 Å². The first-order chi connectivity index (χ1) is 43.6. The summed E-state index contributed by atoms with van der Waals surface area (Å²) in [6, 6.07) is 16.8. The molecule has 0 saturated heterocycles. The van der Waals surface area contributed by atoms with E-state index in [1.807, 2.05) is 0 Å². The van der Waals surface area contributed by atoms with E-state index >= 15 is 0 Å². The number of allylic oxidation sites excluding steroid dienone is 4. The van der Waals surface area contributed by atoms with E-state index < -0.39 is 12.2 Å². The number of H-pyrrole nitrogens is 3. The number of amides is 2. The number of hydrogen-bond donors (Lipinski definition) is 3. The normalized spacial score (nSPS) is 12.4. The number of aryl methyl sites for hydroxylation is 2. The van der Waals surface area contributed by atoms with Crippen LogP contribution in [0.1, 0.15) is 87.3 Å². The monoisotopic (exact) mass is 1250 g/mol.